The highest BCUT2D eigenvalue weighted by atomic mass is 32.2. The van der Waals surface area contributed by atoms with E-state index in [2.05, 4.69) is 9.71 Å². The Balaban J connectivity index is 2.62. The molecule has 0 aliphatic rings. The molecule has 0 atom stereocenters. The van der Waals surface area contributed by atoms with Gasteiger partial charge in [-0.15, -0.1) is 0 Å². The Bertz CT molecular complexity index is 431. The summed E-state index contributed by atoms with van der Waals surface area (Å²) in [7, 11) is -3.50. The lowest BCUT2D eigenvalue weighted by molar-refractivity contribution is 0.153. The van der Waals surface area contributed by atoms with Gasteiger partial charge in [-0.2, -0.15) is 0 Å². The van der Waals surface area contributed by atoms with E-state index in [1.807, 2.05) is 6.92 Å². The average molecular weight is 259 g/mol. The van der Waals surface area contributed by atoms with Gasteiger partial charge in [-0.1, -0.05) is 0 Å². The zero-order valence-corrected chi connectivity index (χ0v) is 10.5. The fourth-order valence-electron chi connectivity index (χ4n) is 1.17. The van der Waals surface area contributed by atoms with Crippen molar-refractivity contribution in [1.82, 2.24) is 9.71 Å². The highest BCUT2D eigenvalue weighted by Gasteiger charge is 2.13. The molecule has 0 amide bonds. The Labute approximate surface area is 101 Å². The van der Waals surface area contributed by atoms with Gasteiger partial charge in [0.2, 0.25) is 10.0 Å². The van der Waals surface area contributed by atoms with Crippen molar-refractivity contribution in [3.05, 3.63) is 24.0 Å². The molecule has 3 N–H and O–H groups in total. The summed E-state index contributed by atoms with van der Waals surface area (Å²) in [6.07, 6.45) is 1.30. The van der Waals surface area contributed by atoms with Crippen molar-refractivity contribution in [2.24, 2.45) is 5.73 Å². The van der Waals surface area contributed by atoms with Crippen molar-refractivity contribution in [1.29, 1.82) is 0 Å². The summed E-state index contributed by atoms with van der Waals surface area (Å²) in [4.78, 5) is 4.06. The van der Waals surface area contributed by atoms with Gasteiger partial charge in [-0.3, -0.25) is 4.98 Å². The second-order valence-electron chi connectivity index (χ2n) is 3.28. The molecule has 7 heteroatoms. The molecular weight excluding hydrogens is 242 g/mol. The van der Waals surface area contributed by atoms with Crippen molar-refractivity contribution in [3.8, 4) is 0 Å². The zero-order chi connectivity index (χ0) is 12.7. The molecule has 17 heavy (non-hydrogen) atoms. The summed E-state index contributed by atoms with van der Waals surface area (Å²) in [5, 5.41) is 0. The highest BCUT2D eigenvalue weighted by Crippen LogP contribution is 2.07. The number of rotatable bonds is 7. The number of nitrogens with two attached hydrogens (primary N) is 1. The van der Waals surface area contributed by atoms with E-state index in [0.29, 0.717) is 18.9 Å². The van der Waals surface area contributed by atoms with Crippen molar-refractivity contribution < 1.29 is 13.2 Å². The van der Waals surface area contributed by atoms with Crippen LogP contribution in [0.3, 0.4) is 0 Å². The SMILES string of the molecule is CCOCCNS(=O)(=O)c1ccc(CN)nc1. The van der Waals surface area contributed by atoms with Gasteiger partial charge in [0.05, 0.1) is 12.3 Å². The third kappa shape index (κ3) is 4.39. The molecule has 0 aromatic carbocycles. The Kier molecular flexibility index (Phi) is 5.49. The van der Waals surface area contributed by atoms with E-state index in [-0.39, 0.29) is 18.0 Å². The Hall–Kier alpha value is -1.02. The van der Waals surface area contributed by atoms with Crippen LogP contribution in [0.25, 0.3) is 0 Å². The van der Waals surface area contributed by atoms with Gasteiger partial charge in [0.25, 0.3) is 0 Å². The van der Waals surface area contributed by atoms with Crippen LogP contribution in [0.4, 0.5) is 0 Å². The minimum Gasteiger partial charge on any atom is -0.380 e. The fraction of sp³-hybridized carbons (Fsp3) is 0.500. The Morgan fingerprint density at radius 3 is 2.76 bits per heavy atom. The van der Waals surface area contributed by atoms with Crippen LogP contribution in [0.1, 0.15) is 12.6 Å². The molecule has 0 aliphatic heterocycles. The van der Waals surface area contributed by atoms with E-state index < -0.39 is 10.0 Å². The van der Waals surface area contributed by atoms with Crippen LogP contribution < -0.4 is 10.5 Å². The number of ether oxygens (including phenoxy) is 1. The quantitative estimate of drug-likeness (QED) is 0.664. The topological polar surface area (TPSA) is 94.3 Å². The van der Waals surface area contributed by atoms with E-state index in [0.717, 1.165) is 0 Å². The summed E-state index contributed by atoms with van der Waals surface area (Å²) in [6, 6.07) is 3.08. The van der Waals surface area contributed by atoms with E-state index in [9.17, 15) is 8.42 Å². The smallest absolute Gasteiger partial charge is 0.242 e. The number of hydrogen-bond donors (Lipinski definition) is 2. The molecule has 0 fully saturated rings. The first-order valence-corrected chi connectivity index (χ1v) is 6.81. The van der Waals surface area contributed by atoms with E-state index in [1.54, 1.807) is 6.07 Å². The maximum Gasteiger partial charge on any atom is 0.242 e. The molecule has 1 aromatic rings. The van der Waals surface area contributed by atoms with Crippen LogP contribution >= 0.6 is 0 Å². The average Bonchev–Trinajstić information content (AvgIpc) is 2.35. The Morgan fingerprint density at radius 2 is 2.24 bits per heavy atom. The van der Waals surface area contributed by atoms with E-state index in [1.165, 1.54) is 12.3 Å². The lowest BCUT2D eigenvalue weighted by Gasteiger charge is -2.06. The molecule has 6 nitrogen and oxygen atoms in total. The first-order valence-electron chi connectivity index (χ1n) is 5.32. The molecule has 0 saturated heterocycles. The molecule has 0 saturated carbocycles. The van der Waals surface area contributed by atoms with Crippen LogP contribution in [0.5, 0.6) is 0 Å². The monoisotopic (exact) mass is 259 g/mol. The lowest BCUT2D eigenvalue weighted by Crippen LogP contribution is -2.27. The van der Waals surface area contributed by atoms with Crippen LogP contribution in [0.15, 0.2) is 23.2 Å². The Morgan fingerprint density at radius 1 is 1.47 bits per heavy atom. The van der Waals surface area contributed by atoms with E-state index >= 15 is 0 Å². The maximum absolute atomic E-state index is 11.8. The fourth-order valence-corrected chi connectivity index (χ4v) is 2.12. The zero-order valence-electron chi connectivity index (χ0n) is 9.72. The summed E-state index contributed by atoms with van der Waals surface area (Å²) < 4.78 is 31.0. The molecule has 0 aliphatic carbocycles. The number of hydrogen-bond acceptors (Lipinski definition) is 5. The van der Waals surface area contributed by atoms with Crippen LogP contribution in [0.2, 0.25) is 0 Å². The summed E-state index contributed by atoms with van der Waals surface area (Å²) in [5.41, 5.74) is 6.03. The molecule has 0 radical (unpaired) electrons. The van der Waals surface area contributed by atoms with Crippen molar-refractivity contribution in [2.75, 3.05) is 19.8 Å². The number of nitrogens with one attached hydrogen (secondary N) is 1. The van der Waals surface area contributed by atoms with Gasteiger partial charge < -0.3 is 10.5 Å². The molecule has 96 valence electrons. The highest BCUT2D eigenvalue weighted by molar-refractivity contribution is 7.89. The van der Waals surface area contributed by atoms with Gasteiger partial charge in [-0.25, -0.2) is 13.1 Å². The predicted octanol–water partition coefficient (Wildman–Crippen LogP) is -0.145. The standard InChI is InChI=1S/C10H17N3O3S/c1-2-16-6-5-13-17(14,15)10-4-3-9(7-11)12-8-10/h3-4,8,13H,2,5-7,11H2,1H3. The predicted molar refractivity (Wildman–Crippen MR) is 63.8 cm³/mol. The minimum atomic E-state index is -3.50. The summed E-state index contributed by atoms with van der Waals surface area (Å²) in [6.45, 7) is 3.30. The third-order valence-corrected chi connectivity index (χ3v) is 3.51. The summed E-state index contributed by atoms with van der Waals surface area (Å²) in [5.74, 6) is 0. The number of pyridine rings is 1. The molecule has 0 unspecified atom stereocenters. The molecular formula is C10H17N3O3S. The van der Waals surface area contributed by atoms with Crippen LogP contribution in [0, 0.1) is 0 Å². The van der Waals surface area contributed by atoms with Gasteiger partial charge in [-0.05, 0) is 19.1 Å². The first-order chi connectivity index (χ1) is 8.10. The minimum absolute atomic E-state index is 0.131. The summed E-state index contributed by atoms with van der Waals surface area (Å²) >= 11 is 0. The van der Waals surface area contributed by atoms with Crippen molar-refractivity contribution >= 4 is 10.0 Å². The van der Waals surface area contributed by atoms with E-state index in [4.69, 9.17) is 10.5 Å². The molecule has 1 aromatic heterocycles. The molecule has 1 rings (SSSR count). The molecule has 1 heterocycles. The van der Waals surface area contributed by atoms with Crippen LogP contribution in [-0.2, 0) is 21.3 Å². The van der Waals surface area contributed by atoms with Crippen molar-refractivity contribution in [2.45, 2.75) is 18.4 Å². The second-order valence-corrected chi connectivity index (χ2v) is 5.05. The van der Waals surface area contributed by atoms with Crippen molar-refractivity contribution in [3.63, 3.8) is 0 Å². The third-order valence-electron chi connectivity index (χ3n) is 2.06. The van der Waals surface area contributed by atoms with Crippen LogP contribution in [-0.4, -0.2) is 33.2 Å². The molecule has 0 bridgehead atoms. The van der Waals surface area contributed by atoms with Gasteiger partial charge in [0.15, 0.2) is 0 Å². The second kappa shape index (κ2) is 6.65. The number of aromatic nitrogens is 1. The van der Waals surface area contributed by atoms with Gasteiger partial charge >= 0.3 is 0 Å². The molecule has 0 spiro atoms. The first kappa shape index (κ1) is 14.0. The maximum atomic E-state index is 11.8. The number of sulfonamides is 1. The number of nitrogens with zero attached hydrogens (tertiary/aromatic N) is 1. The normalized spacial score (nSPS) is 11.6. The van der Waals surface area contributed by atoms with Gasteiger partial charge in [0, 0.05) is 25.9 Å². The largest absolute Gasteiger partial charge is 0.380 e. The lowest BCUT2D eigenvalue weighted by atomic mass is 10.4. The van der Waals surface area contributed by atoms with Gasteiger partial charge in [0.1, 0.15) is 4.90 Å².